The Morgan fingerprint density at radius 3 is 2.47 bits per heavy atom. The molecule has 0 spiro atoms. The minimum Gasteiger partial charge on any atom is -0.494 e. The van der Waals surface area contributed by atoms with Gasteiger partial charge in [0.25, 0.3) is 0 Å². The molecule has 0 amide bonds. The van der Waals surface area contributed by atoms with Crippen molar-refractivity contribution in [3.05, 3.63) is 24.3 Å². The molecule has 2 atom stereocenters. The van der Waals surface area contributed by atoms with Gasteiger partial charge >= 0.3 is 0 Å². The van der Waals surface area contributed by atoms with Crippen molar-refractivity contribution in [3.63, 3.8) is 0 Å². The summed E-state index contributed by atoms with van der Waals surface area (Å²) in [4.78, 5) is 2.55. The normalized spacial score (nSPS) is 24.3. The summed E-state index contributed by atoms with van der Waals surface area (Å²) in [5.74, 6) is 0.908. The molecule has 0 radical (unpaired) electrons. The molecular formula is C15H24N2OS. The lowest BCUT2D eigenvalue weighted by Gasteiger charge is -2.34. The number of hydrogen-bond acceptors (Lipinski definition) is 4. The van der Waals surface area contributed by atoms with E-state index in [2.05, 4.69) is 30.5 Å². The summed E-state index contributed by atoms with van der Waals surface area (Å²) in [6, 6.07) is 7.61. The van der Waals surface area contributed by atoms with Gasteiger partial charge in [0.1, 0.15) is 5.75 Å². The van der Waals surface area contributed by atoms with Crippen LogP contribution in [0.1, 0.15) is 20.3 Å². The Kier molecular flexibility index (Phi) is 5.40. The van der Waals surface area contributed by atoms with Crippen LogP contribution in [0.2, 0.25) is 0 Å². The third kappa shape index (κ3) is 4.96. The lowest BCUT2D eigenvalue weighted by Crippen LogP contribution is -2.41. The third-order valence-corrected chi connectivity index (χ3v) is 4.49. The molecular weight excluding hydrogens is 256 g/mol. The standard InChI is InChI=1S/C15H24N2OS/c1-12-10-17(11-13(2)19-12)8-3-9-18-15-6-4-14(16)5-7-15/h4-7,12-13H,3,8-11,16H2,1-2H3. The van der Waals surface area contributed by atoms with E-state index in [9.17, 15) is 0 Å². The van der Waals surface area contributed by atoms with Crippen molar-refractivity contribution in [1.29, 1.82) is 0 Å². The molecule has 3 nitrogen and oxygen atoms in total. The summed E-state index contributed by atoms with van der Waals surface area (Å²) in [6.45, 7) is 8.95. The zero-order valence-electron chi connectivity index (χ0n) is 11.8. The van der Waals surface area contributed by atoms with Gasteiger partial charge in [0, 0.05) is 35.8 Å². The number of benzene rings is 1. The molecule has 0 saturated carbocycles. The van der Waals surface area contributed by atoms with Gasteiger partial charge in [-0.15, -0.1) is 0 Å². The molecule has 1 saturated heterocycles. The van der Waals surface area contributed by atoms with Crippen LogP contribution in [-0.4, -0.2) is 41.6 Å². The molecule has 1 heterocycles. The van der Waals surface area contributed by atoms with Crippen molar-refractivity contribution in [1.82, 2.24) is 4.90 Å². The Labute approximate surface area is 120 Å². The van der Waals surface area contributed by atoms with Crippen LogP contribution in [-0.2, 0) is 0 Å². The second-order valence-corrected chi connectivity index (χ2v) is 7.17. The largest absolute Gasteiger partial charge is 0.494 e. The molecule has 1 aliphatic heterocycles. The summed E-state index contributed by atoms with van der Waals surface area (Å²) in [6.07, 6.45) is 1.08. The molecule has 2 rings (SSSR count). The molecule has 106 valence electrons. The summed E-state index contributed by atoms with van der Waals surface area (Å²) in [5, 5.41) is 1.50. The minimum atomic E-state index is 0.752. The molecule has 1 aromatic rings. The quantitative estimate of drug-likeness (QED) is 0.665. The number of nitrogens with zero attached hydrogens (tertiary/aromatic N) is 1. The van der Waals surface area contributed by atoms with E-state index in [4.69, 9.17) is 10.5 Å². The van der Waals surface area contributed by atoms with Crippen LogP contribution in [0.15, 0.2) is 24.3 Å². The SMILES string of the molecule is CC1CN(CCCOc2ccc(N)cc2)CC(C)S1. The molecule has 2 unspecified atom stereocenters. The van der Waals surface area contributed by atoms with Crippen molar-refractivity contribution < 1.29 is 4.74 Å². The van der Waals surface area contributed by atoms with Crippen LogP contribution in [0.4, 0.5) is 5.69 Å². The van der Waals surface area contributed by atoms with Gasteiger partial charge in [-0.3, -0.25) is 0 Å². The maximum Gasteiger partial charge on any atom is 0.119 e. The second-order valence-electron chi connectivity index (χ2n) is 5.29. The third-order valence-electron chi connectivity index (χ3n) is 3.26. The lowest BCUT2D eigenvalue weighted by atomic mass is 10.3. The van der Waals surface area contributed by atoms with Crippen LogP contribution < -0.4 is 10.5 Å². The Morgan fingerprint density at radius 1 is 1.21 bits per heavy atom. The molecule has 1 aliphatic rings. The highest BCUT2D eigenvalue weighted by atomic mass is 32.2. The summed E-state index contributed by atoms with van der Waals surface area (Å²) in [7, 11) is 0. The van der Waals surface area contributed by atoms with E-state index < -0.39 is 0 Å². The maximum atomic E-state index is 5.72. The molecule has 4 heteroatoms. The van der Waals surface area contributed by atoms with Gasteiger partial charge in [-0.1, -0.05) is 13.8 Å². The Morgan fingerprint density at radius 2 is 1.84 bits per heavy atom. The van der Waals surface area contributed by atoms with E-state index in [0.29, 0.717) is 0 Å². The van der Waals surface area contributed by atoms with Crippen molar-refractivity contribution in [2.24, 2.45) is 0 Å². The summed E-state index contributed by atoms with van der Waals surface area (Å²) < 4.78 is 5.72. The molecule has 1 aromatic carbocycles. The van der Waals surface area contributed by atoms with Gasteiger partial charge in [0.15, 0.2) is 0 Å². The zero-order valence-corrected chi connectivity index (χ0v) is 12.7. The predicted octanol–water partition coefficient (Wildman–Crippen LogP) is 2.86. The van der Waals surface area contributed by atoms with Crippen LogP contribution in [0, 0.1) is 0 Å². The van der Waals surface area contributed by atoms with Crippen molar-refractivity contribution >= 4 is 17.4 Å². The maximum absolute atomic E-state index is 5.72. The number of thioether (sulfide) groups is 1. The van der Waals surface area contributed by atoms with Gasteiger partial charge in [-0.2, -0.15) is 11.8 Å². The van der Waals surface area contributed by atoms with E-state index in [1.54, 1.807) is 0 Å². The van der Waals surface area contributed by atoms with Gasteiger partial charge in [-0.05, 0) is 30.7 Å². The first-order valence-corrected chi connectivity index (χ1v) is 7.94. The smallest absolute Gasteiger partial charge is 0.119 e. The van der Waals surface area contributed by atoms with Gasteiger partial charge in [-0.25, -0.2) is 0 Å². The second kappa shape index (κ2) is 7.06. The van der Waals surface area contributed by atoms with Crippen LogP contribution >= 0.6 is 11.8 Å². The van der Waals surface area contributed by atoms with Crippen LogP contribution in [0.5, 0.6) is 5.75 Å². The number of hydrogen-bond donors (Lipinski definition) is 1. The summed E-state index contributed by atoms with van der Waals surface area (Å²) >= 11 is 2.10. The fourth-order valence-electron chi connectivity index (χ4n) is 2.51. The van der Waals surface area contributed by atoms with Gasteiger partial charge in [0.05, 0.1) is 6.61 Å². The topological polar surface area (TPSA) is 38.5 Å². The molecule has 2 N–H and O–H groups in total. The van der Waals surface area contributed by atoms with E-state index in [-0.39, 0.29) is 0 Å². The molecule has 1 fully saturated rings. The molecule has 0 aromatic heterocycles. The van der Waals surface area contributed by atoms with E-state index >= 15 is 0 Å². The zero-order chi connectivity index (χ0) is 13.7. The van der Waals surface area contributed by atoms with Crippen molar-refractivity contribution in [3.8, 4) is 5.75 Å². The lowest BCUT2D eigenvalue weighted by molar-refractivity contribution is 0.232. The van der Waals surface area contributed by atoms with E-state index in [1.807, 2.05) is 24.3 Å². The van der Waals surface area contributed by atoms with Crippen molar-refractivity contribution in [2.75, 3.05) is 32.0 Å². The average Bonchev–Trinajstić information content (AvgIpc) is 2.36. The van der Waals surface area contributed by atoms with E-state index in [1.165, 1.54) is 13.1 Å². The number of rotatable bonds is 5. The summed E-state index contributed by atoms with van der Waals surface area (Å²) in [5.41, 5.74) is 6.42. The highest BCUT2D eigenvalue weighted by Crippen LogP contribution is 2.24. The minimum absolute atomic E-state index is 0.752. The monoisotopic (exact) mass is 280 g/mol. The Hall–Kier alpha value is -0.870. The average molecular weight is 280 g/mol. The van der Waals surface area contributed by atoms with Gasteiger partial charge in [0.2, 0.25) is 0 Å². The molecule has 0 aliphatic carbocycles. The predicted molar refractivity (Wildman–Crippen MR) is 83.9 cm³/mol. The van der Waals surface area contributed by atoms with Crippen LogP contribution in [0.3, 0.4) is 0 Å². The highest BCUT2D eigenvalue weighted by molar-refractivity contribution is 8.00. The number of nitrogen functional groups attached to an aromatic ring is 1. The molecule has 19 heavy (non-hydrogen) atoms. The molecule has 0 bridgehead atoms. The first-order chi connectivity index (χ1) is 9.13. The highest BCUT2D eigenvalue weighted by Gasteiger charge is 2.21. The number of anilines is 1. The first-order valence-electron chi connectivity index (χ1n) is 6.99. The Bertz CT molecular complexity index is 372. The van der Waals surface area contributed by atoms with Crippen molar-refractivity contribution in [2.45, 2.75) is 30.8 Å². The van der Waals surface area contributed by atoms with E-state index in [0.717, 1.165) is 41.5 Å². The van der Waals surface area contributed by atoms with Gasteiger partial charge < -0.3 is 15.4 Å². The Balaban J connectivity index is 1.65. The number of nitrogens with two attached hydrogens (primary N) is 1. The van der Waals surface area contributed by atoms with Crippen LogP contribution in [0.25, 0.3) is 0 Å². The number of ether oxygens (including phenoxy) is 1. The fourth-order valence-corrected chi connectivity index (χ4v) is 3.90. The first kappa shape index (κ1) is 14.5. The fraction of sp³-hybridized carbons (Fsp3) is 0.600.